The number of carbonyl (C=O) groups is 3. The second-order valence-electron chi connectivity index (χ2n) is 9.03. The number of rotatable bonds is 8. The van der Waals surface area contributed by atoms with Gasteiger partial charge in [-0.1, -0.05) is 72.8 Å². The molecule has 0 fully saturated rings. The zero-order valence-electron chi connectivity index (χ0n) is 21.1. The Morgan fingerprint density at radius 1 is 1.03 bits per heavy atom. The number of amidine groups is 2. The third-order valence-electron chi connectivity index (χ3n) is 6.28. The first kappa shape index (κ1) is 26.6. The number of nitrogens with zero attached hydrogens (tertiary/aromatic N) is 3. The summed E-state index contributed by atoms with van der Waals surface area (Å²) in [4.78, 5) is 50.2. The van der Waals surface area contributed by atoms with Gasteiger partial charge in [0, 0.05) is 22.8 Å². The van der Waals surface area contributed by atoms with Crippen LogP contribution in [-0.4, -0.2) is 44.9 Å². The van der Waals surface area contributed by atoms with Crippen LogP contribution in [0, 0.1) is 0 Å². The number of anilines is 1. The lowest BCUT2D eigenvalue weighted by Crippen LogP contribution is -2.43. The van der Waals surface area contributed by atoms with Gasteiger partial charge in [0.1, 0.15) is 11.9 Å². The van der Waals surface area contributed by atoms with Crippen molar-refractivity contribution in [3.05, 3.63) is 95.0 Å². The van der Waals surface area contributed by atoms with Crippen molar-refractivity contribution in [1.29, 1.82) is 0 Å². The van der Waals surface area contributed by atoms with Gasteiger partial charge in [0.25, 0.3) is 5.91 Å². The summed E-state index contributed by atoms with van der Waals surface area (Å²) < 4.78 is 0. The van der Waals surface area contributed by atoms with E-state index in [0.717, 1.165) is 5.56 Å². The molecule has 3 aromatic carbocycles. The lowest BCUT2D eigenvalue weighted by atomic mass is 10.1. The largest absolute Gasteiger partial charge is 0.352 e. The minimum atomic E-state index is -0.879. The van der Waals surface area contributed by atoms with E-state index in [4.69, 9.17) is 16.6 Å². The molecule has 3 aromatic rings. The summed E-state index contributed by atoms with van der Waals surface area (Å²) in [7, 11) is 0. The van der Waals surface area contributed by atoms with Gasteiger partial charge in [-0.25, -0.2) is 9.89 Å². The maximum atomic E-state index is 13.6. The van der Waals surface area contributed by atoms with E-state index < -0.39 is 11.3 Å². The number of nitrogens with one attached hydrogen (secondary N) is 2. The third kappa shape index (κ3) is 6.05. The first-order chi connectivity index (χ1) is 18.9. The van der Waals surface area contributed by atoms with Crippen LogP contribution in [0.5, 0.6) is 0 Å². The van der Waals surface area contributed by atoms with Crippen LogP contribution in [0.2, 0.25) is 5.02 Å². The SMILES string of the molecule is CC[C@@H](SC1=Nc2ccccc2C2=N[C@H](CC(=O)NCc3ccccc3)C(=O)N12)C(=O)Nc1ccc(Cl)cc1. The van der Waals surface area contributed by atoms with Crippen LogP contribution >= 0.6 is 23.4 Å². The van der Waals surface area contributed by atoms with Gasteiger partial charge in [0.05, 0.1) is 17.4 Å². The van der Waals surface area contributed by atoms with Crippen LogP contribution in [0.25, 0.3) is 0 Å². The monoisotopic (exact) mass is 559 g/mol. The zero-order valence-corrected chi connectivity index (χ0v) is 22.7. The Bertz CT molecular complexity index is 1460. The molecule has 2 N–H and O–H groups in total. The second-order valence-corrected chi connectivity index (χ2v) is 10.6. The molecule has 10 heteroatoms. The Balaban J connectivity index is 1.33. The summed E-state index contributed by atoms with van der Waals surface area (Å²) in [5.41, 5.74) is 2.96. The second kappa shape index (κ2) is 11.8. The van der Waals surface area contributed by atoms with E-state index in [1.165, 1.54) is 16.7 Å². The summed E-state index contributed by atoms with van der Waals surface area (Å²) in [6.45, 7) is 2.27. The van der Waals surface area contributed by atoms with Crippen molar-refractivity contribution in [3.8, 4) is 0 Å². The lowest BCUT2D eigenvalue weighted by Gasteiger charge is -2.27. The predicted octanol–water partition coefficient (Wildman–Crippen LogP) is 5.16. The molecule has 8 nitrogen and oxygen atoms in total. The maximum absolute atomic E-state index is 13.6. The molecule has 2 atom stereocenters. The van der Waals surface area contributed by atoms with E-state index in [2.05, 4.69) is 15.6 Å². The topological polar surface area (TPSA) is 103 Å². The van der Waals surface area contributed by atoms with Crippen molar-refractivity contribution in [1.82, 2.24) is 10.2 Å². The van der Waals surface area contributed by atoms with E-state index in [9.17, 15) is 14.4 Å². The minimum absolute atomic E-state index is 0.0833. The summed E-state index contributed by atoms with van der Waals surface area (Å²) in [6.07, 6.45) is 0.421. The molecule has 0 aliphatic carbocycles. The van der Waals surface area contributed by atoms with Gasteiger partial charge in [-0.05, 0) is 48.4 Å². The first-order valence-electron chi connectivity index (χ1n) is 12.6. The predicted molar refractivity (Wildman–Crippen MR) is 155 cm³/mol. The summed E-state index contributed by atoms with van der Waals surface area (Å²) in [5, 5.41) is 6.19. The highest BCUT2D eigenvalue weighted by molar-refractivity contribution is 8.15. The number of halogens is 1. The normalized spacial score (nSPS) is 16.5. The summed E-state index contributed by atoms with van der Waals surface area (Å²) >= 11 is 7.16. The van der Waals surface area contributed by atoms with Crippen molar-refractivity contribution in [2.24, 2.45) is 9.98 Å². The molecular formula is C29H26ClN5O3S. The van der Waals surface area contributed by atoms with E-state index in [1.54, 1.807) is 24.3 Å². The Morgan fingerprint density at radius 3 is 2.49 bits per heavy atom. The van der Waals surface area contributed by atoms with Crippen LogP contribution < -0.4 is 10.6 Å². The van der Waals surface area contributed by atoms with Gasteiger partial charge in [-0.15, -0.1) is 0 Å². The number of amides is 3. The van der Waals surface area contributed by atoms with Crippen LogP contribution in [0.15, 0.2) is 88.8 Å². The van der Waals surface area contributed by atoms with E-state index >= 15 is 0 Å². The van der Waals surface area contributed by atoms with Gasteiger partial charge in [-0.2, -0.15) is 0 Å². The molecule has 3 amide bonds. The molecule has 0 radical (unpaired) electrons. The number of hydrogen-bond donors (Lipinski definition) is 2. The average Bonchev–Trinajstić information content (AvgIpc) is 3.28. The van der Waals surface area contributed by atoms with Crippen LogP contribution in [0.3, 0.4) is 0 Å². The standard InChI is InChI=1S/C29H26ClN5O3S/c1-2-24(27(37)32-20-14-12-19(30)13-15-20)39-29-34-22-11-7-6-10-21(22)26-33-23(28(38)35(26)29)16-25(36)31-17-18-8-4-3-5-9-18/h3-15,23-24H,2,16-17H2,1H3,(H,31,36)(H,32,37)/t23-,24-/m1/s1. The first-order valence-corrected chi connectivity index (χ1v) is 13.8. The molecule has 198 valence electrons. The molecule has 5 rings (SSSR count). The fourth-order valence-electron chi connectivity index (χ4n) is 4.26. The highest BCUT2D eigenvalue weighted by Gasteiger charge is 2.43. The maximum Gasteiger partial charge on any atom is 0.259 e. The number of carbonyl (C=O) groups excluding carboxylic acids is 3. The number of benzene rings is 3. The number of hydrogen-bond acceptors (Lipinski definition) is 6. The van der Waals surface area contributed by atoms with Gasteiger partial charge in [0.2, 0.25) is 11.8 Å². The van der Waals surface area contributed by atoms with Gasteiger partial charge in [-0.3, -0.25) is 19.4 Å². The zero-order chi connectivity index (χ0) is 27.4. The van der Waals surface area contributed by atoms with Crippen LogP contribution in [0.1, 0.15) is 30.9 Å². The van der Waals surface area contributed by atoms with Gasteiger partial charge < -0.3 is 10.6 Å². The van der Waals surface area contributed by atoms with Crippen molar-refractivity contribution in [2.75, 3.05) is 5.32 Å². The molecule has 0 bridgehead atoms. The lowest BCUT2D eigenvalue weighted by molar-refractivity contribution is -0.128. The van der Waals surface area contributed by atoms with Crippen molar-refractivity contribution >= 4 is 63.5 Å². The molecule has 39 heavy (non-hydrogen) atoms. The van der Waals surface area contributed by atoms with Crippen molar-refractivity contribution in [3.63, 3.8) is 0 Å². The van der Waals surface area contributed by atoms with Crippen molar-refractivity contribution < 1.29 is 14.4 Å². The smallest absolute Gasteiger partial charge is 0.259 e. The van der Waals surface area contributed by atoms with Gasteiger partial charge >= 0.3 is 0 Å². The number of fused-ring (bicyclic) bond motifs is 3. The molecule has 0 spiro atoms. The van der Waals surface area contributed by atoms with Crippen LogP contribution in [0.4, 0.5) is 11.4 Å². The highest BCUT2D eigenvalue weighted by Crippen LogP contribution is 2.36. The van der Waals surface area contributed by atoms with Crippen LogP contribution in [-0.2, 0) is 20.9 Å². The fourth-order valence-corrected chi connectivity index (χ4v) is 5.41. The summed E-state index contributed by atoms with van der Waals surface area (Å²) in [5.74, 6) is -0.376. The number of thioether (sulfide) groups is 1. The molecule has 0 aromatic heterocycles. The third-order valence-corrected chi connectivity index (χ3v) is 7.85. The van der Waals surface area contributed by atoms with E-state index in [1.807, 2.05) is 61.5 Å². The quantitative estimate of drug-likeness (QED) is 0.398. The summed E-state index contributed by atoms with van der Waals surface area (Å²) in [6, 6.07) is 23.0. The Hall–Kier alpha value is -3.95. The minimum Gasteiger partial charge on any atom is -0.352 e. The number of aliphatic imine (C=N–C) groups is 2. The number of para-hydroxylation sites is 1. The molecule has 0 saturated heterocycles. The highest BCUT2D eigenvalue weighted by atomic mass is 35.5. The molecule has 0 unspecified atom stereocenters. The molecular weight excluding hydrogens is 534 g/mol. The molecule has 0 saturated carbocycles. The Kier molecular flexibility index (Phi) is 8.09. The van der Waals surface area contributed by atoms with E-state index in [0.29, 0.717) is 45.9 Å². The Morgan fingerprint density at radius 2 is 1.74 bits per heavy atom. The average molecular weight is 560 g/mol. The molecule has 2 aliphatic heterocycles. The Labute approximate surface area is 235 Å². The van der Waals surface area contributed by atoms with E-state index in [-0.39, 0.29) is 24.1 Å². The molecule has 2 heterocycles. The molecule has 2 aliphatic rings. The fraction of sp³-hybridized carbons (Fsp3) is 0.207. The van der Waals surface area contributed by atoms with Gasteiger partial charge in [0.15, 0.2) is 5.17 Å². The van der Waals surface area contributed by atoms with Crippen molar-refractivity contribution in [2.45, 2.75) is 37.6 Å².